The summed E-state index contributed by atoms with van der Waals surface area (Å²) in [5.41, 5.74) is 7.72. The van der Waals surface area contributed by atoms with Crippen molar-refractivity contribution in [2.45, 2.75) is 13.8 Å². The van der Waals surface area contributed by atoms with Gasteiger partial charge in [-0.05, 0) is 18.2 Å². The maximum atomic E-state index is 12.0. The number of fused-ring (bicyclic) bond motifs is 5. The highest BCUT2D eigenvalue weighted by atomic mass is 16.5. The van der Waals surface area contributed by atoms with E-state index < -0.39 is 5.91 Å². The number of H-pyrrole nitrogens is 1. The van der Waals surface area contributed by atoms with Crippen molar-refractivity contribution < 1.29 is 14.3 Å². The molecule has 26 heavy (non-hydrogen) atoms. The molecule has 6 nitrogen and oxygen atoms in total. The van der Waals surface area contributed by atoms with Gasteiger partial charge in [-0.1, -0.05) is 13.8 Å². The second-order valence-corrected chi connectivity index (χ2v) is 5.51. The first-order valence-electron chi connectivity index (χ1n) is 8.38. The quantitative estimate of drug-likeness (QED) is 0.583. The van der Waals surface area contributed by atoms with Crippen LogP contribution in [0, 0.1) is 0 Å². The largest absolute Gasteiger partial charge is 0.497 e. The molecule has 134 valence electrons. The van der Waals surface area contributed by atoms with Gasteiger partial charge in [0.05, 0.1) is 36.8 Å². The molecule has 0 atom stereocenters. The van der Waals surface area contributed by atoms with Crippen molar-refractivity contribution in [1.29, 1.82) is 0 Å². The summed E-state index contributed by atoms with van der Waals surface area (Å²) in [6, 6.07) is 7.42. The van der Waals surface area contributed by atoms with E-state index in [2.05, 4.69) is 9.97 Å². The molecule has 0 aliphatic heterocycles. The lowest BCUT2D eigenvalue weighted by Crippen LogP contribution is -2.11. The predicted octanol–water partition coefficient (Wildman–Crippen LogP) is 4.01. The standard InChI is InChI=1S/C18H15N3O3.C2H6/c1-23-10-3-4-11-13(6-10)21-17-15-9(7-20-8-14(15)24-2)5-12(16(11)17)18(19)22;1-2/h3-8,21H,1-2H3,(H2,19,22);1-2H3. The Kier molecular flexibility index (Phi) is 4.67. The molecular weight excluding hydrogens is 330 g/mol. The Balaban J connectivity index is 0.000000948. The Bertz CT molecular complexity index is 1120. The van der Waals surface area contributed by atoms with Gasteiger partial charge in [-0.3, -0.25) is 9.78 Å². The minimum Gasteiger partial charge on any atom is -0.497 e. The van der Waals surface area contributed by atoms with Crippen molar-refractivity contribution in [3.63, 3.8) is 0 Å². The number of nitrogens with zero attached hydrogens (tertiary/aromatic N) is 1. The molecule has 1 amide bonds. The molecule has 0 radical (unpaired) electrons. The number of carbonyl (C=O) groups is 1. The van der Waals surface area contributed by atoms with Crippen LogP contribution in [0.4, 0.5) is 0 Å². The smallest absolute Gasteiger partial charge is 0.249 e. The number of carbonyl (C=O) groups excluding carboxylic acids is 1. The van der Waals surface area contributed by atoms with Crippen LogP contribution in [0.3, 0.4) is 0 Å². The van der Waals surface area contributed by atoms with Crippen molar-refractivity contribution in [2.75, 3.05) is 14.2 Å². The summed E-state index contributed by atoms with van der Waals surface area (Å²) < 4.78 is 10.7. The van der Waals surface area contributed by atoms with Gasteiger partial charge in [0.25, 0.3) is 0 Å². The Morgan fingerprint density at radius 2 is 1.85 bits per heavy atom. The molecular formula is C20H21N3O3. The van der Waals surface area contributed by atoms with Crippen LogP contribution in [0.25, 0.3) is 32.6 Å². The number of methoxy groups -OCH3 is 2. The van der Waals surface area contributed by atoms with Gasteiger partial charge in [-0.15, -0.1) is 0 Å². The molecule has 0 unspecified atom stereocenters. The van der Waals surface area contributed by atoms with Gasteiger partial charge >= 0.3 is 0 Å². The molecule has 0 aliphatic rings. The van der Waals surface area contributed by atoms with Crippen molar-refractivity contribution >= 4 is 38.5 Å². The fourth-order valence-corrected chi connectivity index (χ4v) is 3.18. The van der Waals surface area contributed by atoms with Crippen molar-refractivity contribution in [3.8, 4) is 11.5 Å². The lowest BCUT2D eigenvalue weighted by Gasteiger charge is -2.08. The summed E-state index contributed by atoms with van der Waals surface area (Å²) in [5, 5.41) is 3.33. The Morgan fingerprint density at radius 3 is 2.50 bits per heavy atom. The minimum atomic E-state index is -0.485. The van der Waals surface area contributed by atoms with Crippen molar-refractivity contribution in [1.82, 2.24) is 9.97 Å². The van der Waals surface area contributed by atoms with Crippen molar-refractivity contribution in [2.24, 2.45) is 5.73 Å². The van der Waals surface area contributed by atoms with Crippen LogP contribution >= 0.6 is 0 Å². The van der Waals surface area contributed by atoms with E-state index in [0.29, 0.717) is 11.3 Å². The molecule has 4 aromatic rings. The summed E-state index contributed by atoms with van der Waals surface area (Å²) in [4.78, 5) is 19.5. The lowest BCUT2D eigenvalue weighted by molar-refractivity contribution is 0.100. The Labute approximate surface area is 150 Å². The number of nitrogens with one attached hydrogen (secondary N) is 1. The van der Waals surface area contributed by atoms with E-state index in [1.807, 2.05) is 32.0 Å². The molecule has 2 aromatic carbocycles. The van der Waals surface area contributed by atoms with Crippen LogP contribution in [0.15, 0.2) is 36.7 Å². The Morgan fingerprint density at radius 1 is 1.08 bits per heavy atom. The number of hydrogen-bond acceptors (Lipinski definition) is 4. The van der Waals surface area contributed by atoms with Crippen LogP contribution in [0.2, 0.25) is 0 Å². The zero-order valence-corrected chi connectivity index (χ0v) is 15.2. The molecule has 2 heterocycles. The minimum absolute atomic E-state index is 0.448. The van der Waals surface area contributed by atoms with Crippen molar-refractivity contribution in [3.05, 3.63) is 42.2 Å². The van der Waals surface area contributed by atoms with Gasteiger partial charge in [0, 0.05) is 34.0 Å². The zero-order valence-electron chi connectivity index (χ0n) is 15.2. The molecule has 0 aliphatic carbocycles. The maximum absolute atomic E-state index is 12.0. The summed E-state index contributed by atoms with van der Waals surface area (Å²) in [7, 11) is 3.21. The number of benzene rings is 2. The molecule has 0 spiro atoms. The number of ether oxygens (including phenoxy) is 2. The zero-order chi connectivity index (χ0) is 18.8. The molecule has 0 saturated heterocycles. The molecule has 0 bridgehead atoms. The molecule has 6 heteroatoms. The molecule has 2 aromatic heterocycles. The monoisotopic (exact) mass is 351 g/mol. The number of amides is 1. The number of primary amides is 1. The van der Waals surface area contributed by atoms with E-state index in [1.165, 1.54) is 0 Å². The number of aromatic nitrogens is 2. The highest BCUT2D eigenvalue weighted by molar-refractivity contribution is 6.25. The first kappa shape index (κ1) is 17.5. The SMILES string of the molecule is CC.COc1ccc2c(c1)[nH]c1c3c(OC)cncc3cc(C(N)=O)c21. The maximum Gasteiger partial charge on any atom is 0.249 e. The van der Waals surface area contributed by atoms with Gasteiger partial charge < -0.3 is 20.2 Å². The fourth-order valence-electron chi connectivity index (χ4n) is 3.18. The van der Waals surface area contributed by atoms with E-state index >= 15 is 0 Å². The second-order valence-electron chi connectivity index (χ2n) is 5.51. The third-order valence-corrected chi connectivity index (χ3v) is 4.25. The average Bonchev–Trinajstić information content (AvgIpc) is 3.06. The van der Waals surface area contributed by atoms with Crippen LogP contribution in [0.5, 0.6) is 11.5 Å². The van der Waals surface area contributed by atoms with Crippen LogP contribution in [-0.4, -0.2) is 30.1 Å². The van der Waals surface area contributed by atoms with E-state index in [9.17, 15) is 4.79 Å². The van der Waals surface area contributed by atoms with Crippen LogP contribution in [-0.2, 0) is 0 Å². The van der Waals surface area contributed by atoms with Gasteiger partial charge in [-0.25, -0.2) is 0 Å². The van der Waals surface area contributed by atoms with Gasteiger partial charge in [0.1, 0.15) is 11.5 Å². The molecule has 3 N–H and O–H groups in total. The number of aromatic amines is 1. The normalized spacial score (nSPS) is 10.6. The third-order valence-electron chi connectivity index (χ3n) is 4.25. The lowest BCUT2D eigenvalue weighted by atomic mass is 10.0. The van der Waals surface area contributed by atoms with E-state index in [-0.39, 0.29) is 0 Å². The molecule has 0 saturated carbocycles. The van der Waals surface area contributed by atoms with E-state index in [4.69, 9.17) is 15.2 Å². The van der Waals surface area contributed by atoms with E-state index in [1.54, 1.807) is 32.7 Å². The van der Waals surface area contributed by atoms with Gasteiger partial charge in [0.15, 0.2) is 0 Å². The van der Waals surface area contributed by atoms with Crippen LogP contribution in [0.1, 0.15) is 24.2 Å². The number of pyridine rings is 1. The Hall–Kier alpha value is -3.28. The third kappa shape index (κ3) is 2.60. The first-order valence-corrected chi connectivity index (χ1v) is 8.38. The summed E-state index contributed by atoms with van der Waals surface area (Å²) >= 11 is 0. The fraction of sp³-hybridized carbons (Fsp3) is 0.200. The van der Waals surface area contributed by atoms with Gasteiger partial charge in [-0.2, -0.15) is 0 Å². The second kappa shape index (κ2) is 6.92. The number of nitrogens with two attached hydrogens (primary N) is 1. The van der Waals surface area contributed by atoms with Gasteiger partial charge in [0.2, 0.25) is 5.91 Å². The topological polar surface area (TPSA) is 90.2 Å². The van der Waals surface area contributed by atoms with Crippen LogP contribution < -0.4 is 15.2 Å². The predicted molar refractivity (Wildman–Crippen MR) is 104 cm³/mol. The highest BCUT2D eigenvalue weighted by Crippen LogP contribution is 2.38. The van der Waals surface area contributed by atoms with E-state index in [0.717, 1.165) is 38.3 Å². The number of rotatable bonds is 3. The average molecular weight is 351 g/mol. The molecule has 0 fully saturated rings. The summed E-state index contributed by atoms with van der Waals surface area (Å²) in [5.74, 6) is 0.876. The molecule has 4 rings (SSSR count). The summed E-state index contributed by atoms with van der Waals surface area (Å²) in [6.45, 7) is 4.00. The number of hydrogen-bond donors (Lipinski definition) is 2. The first-order chi connectivity index (χ1) is 12.6. The highest BCUT2D eigenvalue weighted by Gasteiger charge is 2.18. The summed E-state index contributed by atoms with van der Waals surface area (Å²) in [6.07, 6.45) is 3.34.